The summed E-state index contributed by atoms with van der Waals surface area (Å²) in [6, 6.07) is 9.37. The summed E-state index contributed by atoms with van der Waals surface area (Å²) in [5.41, 5.74) is 1.34. The molecule has 0 unspecified atom stereocenters. The summed E-state index contributed by atoms with van der Waals surface area (Å²) in [6.45, 7) is 2.75. The molecule has 0 saturated heterocycles. The first-order valence-electron chi connectivity index (χ1n) is 8.22. The first kappa shape index (κ1) is 16.8. The maximum absolute atomic E-state index is 12.9. The van der Waals surface area contributed by atoms with E-state index in [9.17, 15) is 19.5 Å². The molecule has 0 atom stereocenters. The number of Topliss-reactive ketones (excluding diaryl/α,β-unsaturated/α-hetero) is 1. The molecule has 0 spiro atoms. The lowest BCUT2D eigenvalue weighted by atomic mass is 9.99. The van der Waals surface area contributed by atoms with Gasteiger partial charge in [-0.3, -0.25) is 14.4 Å². The molecule has 2 aliphatic heterocycles. The highest BCUT2D eigenvalue weighted by atomic mass is 16.7. The van der Waals surface area contributed by atoms with Gasteiger partial charge in [0, 0.05) is 23.6 Å². The summed E-state index contributed by atoms with van der Waals surface area (Å²) >= 11 is 0. The van der Waals surface area contributed by atoms with Crippen LogP contribution in [-0.2, 0) is 9.59 Å². The molecule has 0 aromatic heterocycles. The molecule has 2 amide bonds. The molecular weight excluding hydrogens is 350 g/mol. The molecule has 2 aliphatic rings. The van der Waals surface area contributed by atoms with Gasteiger partial charge in [-0.1, -0.05) is 0 Å². The molecule has 136 valence electrons. The SMILES string of the molecule is CC(=O)c1ccc2c(c1)C(=C(O)c1ccc3c(c1)OCO3)C(=O)N2C(C)=O. The lowest BCUT2D eigenvalue weighted by Crippen LogP contribution is -2.31. The number of aliphatic hydroxyl groups is 1. The minimum absolute atomic E-state index is 0.0397. The molecule has 0 bridgehead atoms. The van der Waals surface area contributed by atoms with Gasteiger partial charge in [-0.15, -0.1) is 0 Å². The number of imide groups is 1. The minimum atomic E-state index is -0.645. The van der Waals surface area contributed by atoms with Gasteiger partial charge in [0.05, 0.1) is 11.3 Å². The Labute approximate surface area is 154 Å². The van der Waals surface area contributed by atoms with Crippen molar-refractivity contribution in [1.82, 2.24) is 0 Å². The number of hydrogen-bond acceptors (Lipinski definition) is 6. The Kier molecular flexibility index (Phi) is 3.73. The topological polar surface area (TPSA) is 93.1 Å². The number of ketones is 1. The van der Waals surface area contributed by atoms with Gasteiger partial charge < -0.3 is 14.6 Å². The molecule has 0 saturated carbocycles. The number of carbonyl (C=O) groups excluding carboxylic acids is 3. The van der Waals surface area contributed by atoms with Gasteiger partial charge in [0.2, 0.25) is 12.7 Å². The largest absolute Gasteiger partial charge is 0.506 e. The highest BCUT2D eigenvalue weighted by molar-refractivity contribution is 6.42. The number of ether oxygens (including phenoxy) is 2. The van der Waals surface area contributed by atoms with Crippen LogP contribution in [0, 0.1) is 0 Å². The maximum atomic E-state index is 12.9. The van der Waals surface area contributed by atoms with Crippen molar-refractivity contribution in [2.75, 3.05) is 11.7 Å². The second-order valence-corrected chi connectivity index (χ2v) is 6.24. The summed E-state index contributed by atoms with van der Waals surface area (Å²) in [5.74, 6) is -0.624. The third-order valence-corrected chi connectivity index (χ3v) is 4.53. The summed E-state index contributed by atoms with van der Waals surface area (Å²) in [6.07, 6.45) is 0. The number of anilines is 1. The third-order valence-electron chi connectivity index (χ3n) is 4.53. The molecule has 2 heterocycles. The van der Waals surface area contributed by atoms with Crippen LogP contribution in [-0.4, -0.2) is 29.5 Å². The number of rotatable bonds is 2. The van der Waals surface area contributed by atoms with Crippen LogP contribution in [0.15, 0.2) is 36.4 Å². The van der Waals surface area contributed by atoms with Gasteiger partial charge in [-0.25, -0.2) is 4.90 Å². The maximum Gasteiger partial charge on any atom is 0.269 e. The average Bonchev–Trinajstić information content (AvgIpc) is 3.20. The van der Waals surface area contributed by atoms with Crippen LogP contribution in [0.3, 0.4) is 0 Å². The zero-order valence-corrected chi connectivity index (χ0v) is 14.6. The van der Waals surface area contributed by atoms with E-state index in [0.717, 1.165) is 4.90 Å². The van der Waals surface area contributed by atoms with Crippen LogP contribution in [0.5, 0.6) is 11.5 Å². The number of fused-ring (bicyclic) bond motifs is 2. The normalized spacial score (nSPS) is 16.4. The standard InChI is InChI=1S/C20H15NO6/c1-10(22)12-3-5-15-14(7-12)18(20(25)21(15)11(2)23)19(24)13-4-6-16-17(8-13)27-9-26-16/h3-8,24H,9H2,1-2H3. The summed E-state index contributed by atoms with van der Waals surface area (Å²) in [4.78, 5) is 37.6. The van der Waals surface area contributed by atoms with Crippen molar-refractivity contribution in [2.24, 2.45) is 0 Å². The molecule has 2 aromatic rings. The Morgan fingerprint density at radius 3 is 2.41 bits per heavy atom. The number of nitrogens with zero attached hydrogens (tertiary/aromatic N) is 1. The number of aliphatic hydroxyl groups excluding tert-OH is 1. The van der Waals surface area contributed by atoms with E-state index in [1.165, 1.54) is 26.0 Å². The molecule has 27 heavy (non-hydrogen) atoms. The fourth-order valence-corrected chi connectivity index (χ4v) is 3.22. The molecular formula is C20H15NO6. The van der Waals surface area contributed by atoms with Crippen LogP contribution in [0.1, 0.15) is 35.3 Å². The van der Waals surface area contributed by atoms with E-state index >= 15 is 0 Å². The summed E-state index contributed by atoms with van der Waals surface area (Å²) in [5, 5.41) is 10.8. The van der Waals surface area contributed by atoms with Crippen LogP contribution < -0.4 is 14.4 Å². The fourth-order valence-electron chi connectivity index (χ4n) is 3.22. The molecule has 7 heteroatoms. The fraction of sp³-hybridized carbons (Fsp3) is 0.150. The zero-order valence-electron chi connectivity index (χ0n) is 14.6. The number of carbonyl (C=O) groups is 3. The van der Waals surface area contributed by atoms with E-state index < -0.39 is 11.8 Å². The van der Waals surface area contributed by atoms with E-state index in [2.05, 4.69) is 0 Å². The van der Waals surface area contributed by atoms with Crippen LogP contribution in [0.4, 0.5) is 5.69 Å². The predicted molar refractivity (Wildman–Crippen MR) is 96.6 cm³/mol. The van der Waals surface area contributed by atoms with Gasteiger partial charge in [0.15, 0.2) is 17.3 Å². The number of hydrogen-bond donors (Lipinski definition) is 1. The van der Waals surface area contributed by atoms with E-state index in [0.29, 0.717) is 33.9 Å². The van der Waals surface area contributed by atoms with Gasteiger partial charge in [0.25, 0.3) is 5.91 Å². The van der Waals surface area contributed by atoms with Crippen molar-refractivity contribution in [3.8, 4) is 11.5 Å². The average molecular weight is 365 g/mol. The Hall–Kier alpha value is -3.61. The van der Waals surface area contributed by atoms with Crippen molar-refractivity contribution in [3.63, 3.8) is 0 Å². The first-order valence-corrected chi connectivity index (χ1v) is 8.22. The second-order valence-electron chi connectivity index (χ2n) is 6.24. The van der Waals surface area contributed by atoms with Crippen LogP contribution >= 0.6 is 0 Å². The Morgan fingerprint density at radius 2 is 1.70 bits per heavy atom. The van der Waals surface area contributed by atoms with Gasteiger partial charge in [-0.2, -0.15) is 0 Å². The lowest BCUT2D eigenvalue weighted by molar-refractivity contribution is -0.122. The molecule has 1 N–H and O–H groups in total. The van der Waals surface area contributed by atoms with E-state index in [1.54, 1.807) is 24.3 Å². The van der Waals surface area contributed by atoms with Crippen molar-refractivity contribution in [2.45, 2.75) is 13.8 Å². The monoisotopic (exact) mass is 365 g/mol. The van der Waals surface area contributed by atoms with E-state index in [4.69, 9.17) is 9.47 Å². The molecule has 0 radical (unpaired) electrons. The molecule has 0 fully saturated rings. The summed E-state index contributed by atoms with van der Waals surface area (Å²) < 4.78 is 10.6. The van der Waals surface area contributed by atoms with Crippen LogP contribution in [0.2, 0.25) is 0 Å². The number of benzene rings is 2. The smallest absolute Gasteiger partial charge is 0.269 e. The third kappa shape index (κ3) is 2.55. The van der Waals surface area contributed by atoms with Crippen LogP contribution in [0.25, 0.3) is 11.3 Å². The Morgan fingerprint density at radius 1 is 1.00 bits per heavy atom. The van der Waals surface area contributed by atoms with E-state index in [-0.39, 0.29) is 23.9 Å². The lowest BCUT2D eigenvalue weighted by Gasteiger charge is -2.12. The van der Waals surface area contributed by atoms with E-state index in [1.807, 2.05) is 0 Å². The summed E-state index contributed by atoms with van der Waals surface area (Å²) in [7, 11) is 0. The van der Waals surface area contributed by atoms with Gasteiger partial charge in [0.1, 0.15) is 5.76 Å². The van der Waals surface area contributed by atoms with Crippen molar-refractivity contribution < 1.29 is 29.0 Å². The molecule has 7 nitrogen and oxygen atoms in total. The molecule has 2 aromatic carbocycles. The van der Waals surface area contributed by atoms with Crippen molar-refractivity contribution in [1.29, 1.82) is 0 Å². The predicted octanol–water partition coefficient (Wildman–Crippen LogP) is 2.94. The second kappa shape index (κ2) is 5.98. The Bertz CT molecular complexity index is 1050. The first-order chi connectivity index (χ1) is 12.9. The minimum Gasteiger partial charge on any atom is -0.506 e. The highest BCUT2D eigenvalue weighted by Crippen LogP contribution is 2.42. The Balaban J connectivity index is 1.93. The highest BCUT2D eigenvalue weighted by Gasteiger charge is 2.38. The van der Waals surface area contributed by atoms with Gasteiger partial charge in [-0.05, 0) is 43.3 Å². The van der Waals surface area contributed by atoms with Crippen molar-refractivity contribution in [3.05, 3.63) is 53.1 Å². The van der Waals surface area contributed by atoms with Gasteiger partial charge >= 0.3 is 0 Å². The molecule has 0 aliphatic carbocycles. The molecule has 4 rings (SSSR count). The quantitative estimate of drug-likeness (QED) is 0.500. The number of amides is 2. The zero-order chi connectivity index (χ0) is 19.3. The van der Waals surface area contributed by atoms with Crippen molar-refractivity contribution >= 4 is 34.6 Å².